The number of unbranched alkanes of at least 4 members (excludes halogenated alkanes) is 2. The van der Waals surface area contributed by atoms with E-state index in [-0.39, 0.29) is 17.5 Å². The Morgan fingerprint density at radius 3 is 2.72 bits per heavy atom. The lowest BCUT2D eigenvalue weighted by Gasteiger charge is -2.29. The summed E-state index contributed by atoms with van der Waals surface area (Å²) >= 11 is 1.30. The Balaban J connectivity index is 1.61. The van der Waals surface area contributed by atoms with Crippen molar-refractivity contribution >= 4 is 23.0 Å². The van der Waals surface area contributed by atoms with E-state index in [0.717, 1.165) is 43.4 Å². The van der Waals surface area contributed by atoms with E-state index in [9.17, 15) is 14.7 Å². The minimum atomic E-state index is -0.657. The largest absolute Gasteiger partial charge is 0.503 e. The lowest BCUT2D eigenvalue weighted by Crippen LogP contribution is -2.37. The highest BCUT2D eigenvalue weighted by Crippen LogP contribution is 2.40. The van der Waals surface area contributed by atoms with Gasteiger partial charge in [0.05, 0.1) is 29.2 Å². The van der Waals surface area contributed by atoms with E-state index in [2.05, 4.69) is 6.92 Å². The molecule has 0 bridgehead atoms. The molecule has 3 heterocycles. The average Bonchev–Trinajstić information content (AvgIpc) is 3.56. The number of hydrogen-bond acceptors (Lipinski definition) is 6. The third-order valence-corrected chi connectivity index (χ3v) is 6.80. The Morgan fingerprint density at radius 1 is 1.25 bits per heavy atom. The molecule has 1 aromatic carbocycles. The molecular weight excluding hydrogens is 426 g/mol. The maximum absolute atomic E-state index is 13.3. The first-order valence-electron chi connectivity index (χ1n) is 11.3. The molecule has 1 fully saturated rings. The van der Waals surface area contributed by atoms with Crippen molar-refractivity contribution in [1.82, 2.24) is 4.90 Å². The Labute approximate surface area is 192 Å². The molecule has 2 aliphatic heterocycles. The fourth-order valence-electron chi connectivity index (χ4n) is 4.26. The molecule has 2 aromatic rings. The van der Waals surface area contributed by atoms with Crippen molar-refractivity contribution in [2.75, 3.05) is 19.8 Å². The molecule has 0 radical (unpaired) electrons. The Morgan fingerprint density at radius 2 is 2.06 bits per heavy atom. The maximum Gasteiger partial charge on any atom is 0.290 e. The molecule has 0 aliphatic carbocycles. The second-order valence-corrected chi connectivity index (χ2v) is 9.14. The van der Waals surface area contributed by atoms with Gasteiger partial charge in [0.25, 0.3) is 5.91 Å². The number of ether oxygens (including phenoxy) is 2. The van der Waals surface area contributed by atoms with Gasteiger partial charge >= 0.3 is 0 Å². The molecule has 0 spiro atoms. The van der Waals surface area contributed by atoms with Crippen molar-refractivity contribution in [3.63, 3.8) is 0 Å². The highest BCUT2D eigenvalue weighted by Gasteiger charge is 2.45. The van der Waals surface area contributed by atoms with Gasteiger partial charge in [-0.1, -0.05) is 38.0 Å². The predicted octanol–water partition coefficient (Wildman–Crippen LogP) is 5.07. The topological polar surface area (TPSA) is 76.1 Å². The zero-order valence-corrected chi connectivity index (χ0v) is 19.1. The summed E-state index contributed by atoms with van der Waals surface area (Å²) in [5.74, 6) is -0.554. The number of rotatable bonds is 10. The van der Waals surface area contributed by atoms with Crippen molar-refractivity contribution in [2.45, 2.75) is 51.2 Å². The molecule has 1 N–H and O–H groups in total. The fraction of sp³-hybridized carbons (Fsp3) is 0.440. The second kappa shape index (κ2) is 10.3. The van der Waals surface area contributed by atoms with E-state index in [4.69, 9.17) is 9.47 Å². The molecule has 1 aromatic heterocycles. The van der Waals surface area contributed by atoms with Crippen LogP contribution in [0.3, 0.4) is 0 Å². The van der Waals surface area contributed by atoms with Crippen LogP contribution < -0.4 is 4.74 Å². The number of amides is 1. The molecule has 2 aliphatic rings. The van der Waals surface area contributed by atoms with Crippen LogP contribution in [0.5, 0.6) is 5.75 Å². The SMILES string of the molecule is CCCCCOc1ccc(C2C(C(=O)c3cccs3)=C(O)C(=O)N2CC2CCCO2)cc1. The lowest BCUT2D eigenvalue weighted by atomic mass is 9.95. The molecule has 1 amide bonds. The Kier molecular flexibility index (Phi) is 7.27. The van der Waals surface area contributed by atoms with Gasteiger partial charge in [-0.2, -0.15) is 0 Å². The first kappa shape index (κ1) is 22.6. The van der Waals surface area contributed by atoms with E-state index in [0.29, 0.717) is 24.6 Å². The summed E-state index contributed by atoms with van der Waals surface area (Å²) in [6.07, 6.45) is 4.97. The number of thiophene rings is 1. The number of Topliss-reactive ketones (excluding diaryl/α,β-unsaturated/α-hetero) is 1. The van der Waals surface area contributed by atoms with Gasteiger partial charge in [-0.15, -0.1) is 11.3 Å². The Bertz CT molecular complexity index is 961. The summed E-state index contributed by atoms with van der Waals surface area (Å²) < 4.78 is 11.5. The van der Waals surface area contributed by atoms with Gasteiger partial charge in [0.15, 0.2) is 5.76 Å². The third kappa shape index (κ3) is 4.74. The van der Waals surface area contributed by atoms with Crippen molar-refractivity contribution in [2.24, 2.45) is 0 Å². The quantitative estimate of drug-likeness (QED) is 0.400. The zero-order valence-electron chi connectivity index (χ0n) is 18.3. The van der Waals surface area contributed by atoms with Crippen molar-refractivity contribution in [3.8, 4) is 5.75 Å². The summed E-state index contributed by atoms with van der Waals surface area (Å²) in [7, 11) is 0. The van der Waals surface area contributed by atoms with Crippen LogP contribution in [0.4, 0.5) is 0 Å². The summed E-state index contributed by atoms with van der Waals surface area (Å²) in [6.45, 7) is 3.81. The molecule has 6 nitrogen and oxygen atoms in total. The molecule has 1 saturated heterocycles. The molecule has 0 saturated carbocycles. The summed E-state index contributed by atoms with van der Waals surface area (Å²) in [4.78, 5) is 28.4. The minimum Gasteiger partial charge on any atom is -0.503 e. The van der Waals surface area contributed by atoms with E-state index in [1.165, 1.54) is 11.3 Å². The first-order chi connectivity index (χ1) is 15.6. The van der Waals surface area contributed by atoms with Crippen LogP contribution in [0.2, 0.25) is 0 Å². The van der Waals surface area contributed by atoms with Gasteiger partial charge in [-0.3, -0.25) is 9.59 Å². The standard InChI is InChI=1S/C25H29NO5S/c1-2-3-4-13-30-18-11-9-17(10-12-18)22-21(23(27)20-8-6-15-32-20)24(28)25(29)26(22)16-19-7-5-14-31-19/h6,8-12,15,19,22,28H,2-5,7,13-14,16H2,1H3. The number of carbonyl (C=O) groups is 2. The number of benzene rings is 1. The van der Waals surface area contributed by atoms with Crippen LogP contribution in [0.15, 0.2) is 53.1 Å². The molecule has 2 atom stereocenters. The van der Waals surface area contributed by atoms with E-state index in [1.54, 1.807) is 17.0 Å². The first-order valence-corrected chi connectivity index (χ1v) is 12.1. The zero-order chi connectivity index (χ0) is 22.5. The van der Waals surface area contributed by atoms with Gasteiger partial charge in [0, 0.05) is 13.2 Å². The van der Waals surface area contributed by atoms with Crippen LogP contribution in [0, 0.1) is 0 Å². The summed E-state index contributed by atoms with van der Waals surface area (Å²) in [5.41, 5.74) is 0.897. The molecular formula is C25H29NO5S. The van der Waals surface area contributed by atoms with Crippen molar-refractivity contribution < 1.29 is 24.2 Å². The second-order valence-electron chi connectivity index (χ2n) is 8.19. The van der Waals surface area contributed by atoms with Gasteiger partial charge < -0.3 is 19.5 Å². The van der Waals surface area contributed by atoms with Crippen LogP contribution >= 0.6 is 11.3 Å². The van der Waals surface area contributed by atoms with Crippen molar-refractivity contribution in [3.05, 3.63) is 63.6 Å². The molecule has 7 heteroatoms. The van der Waals surface area contributed by atoms with Crippen molar-refractivity contribution in [1.29, 1.82) is 0 Å². The number of carbonyl (C=O) groups excluding carboxylic acids is 2. The Hall–Kier alpha value is -2.64. The molecule has 32 heavy (non-hydrogen) atoms. The number of aliphatic hydroxyl groups excluding tert-OH is 1. The monoisotopic (exact) mass is 455 g/mol. The van der Waals surface area contributed by atoms with Gasteiger partial charge in [0.2, 0.25) is 5.78 Å². The minimum absolute atomic E-state index is 0.0911. The molecule has 170 valence electrons. The van der Waals surface area contributed by atoms with Gasteiger partial charge in [-0.05, 0) is 48.4 Å². The normalized spacial score (nSPS) is 20.9. The highest BCUT2D eigenvalue weighted by molar-refractivity contribution is 7.12. The third-order valence-electron chi connectivity index (χ3n) is 5.93. The molecule has 4 rings (SSSR count). The van der Waals surface area contributed by atoms with Gasteiger partial charge in [0.1, 0.15) is 5.75 Å². The number of hydrogen-bond donors (Lipinski definition) is 1. The van der Waals surface area contributed by atoms with E-state index >= 15 is 0 Å². The van der Waals surface area contributed by atoms with Crippen LogP contribution in [-0.2, 0) is 9.53 Å². The summed E-state index contributed by atoms with van der Waals surface area (Å²) in [6, 6.07) is 10.3. The van der Waals surface area contributed by atoms with Crippen LogP contribution in [-0.4, -0.2) is 47.6 Å². The number of aliphatic hydroxyl groups is 1. The fourth-order valence-corrected chi connectivity index (χ4v) is 4.93. The smallest absolute Gasteiger partial charge is 0.290 e. The number of nitrogens with zero attached hydrogens (tertiary/aromatic N) is 1. The summed E-state index contributed by atoms with van der Waals surface area (Å²) in [5, 5.41) is 12.5. The maximum atomic E-state index is 13.3. The van der Waals surface area contributed by atoms with E-state index in [1.807, 2.05) is 29.6 Å². The average molecular weight is 456 g/mol. The number of ketones is 1. The molecule has 2 unspecified atom stereocenters. The van der Waals surface area contributed by atoms with E-state index < -0.39 is 17.7 Å². The highest BCUT2D eigenvalue weighted by atomic mass is 32.1. The van der Waals surface area contributed by atoms with Crippen LogP contribution in [0.1, 0.15) is 60.3 Å². The van der Waals surface area contributed by atoms with Crippen LogP contribution in [0.25, 0.3) is 0 Å². The predicted molar refractivity (Wildman–Crippen MR) is 123 cm³/mol. The lowest BCUT2D eigenvalue weighted by molar-refractivity contribution is -0.131. The van der Waals surface area contributed by atoms with Gasteiger partial charge in [-0.25, -0.2) is 0 Å².